The van der Waals surface area contributed by atoms with Gasteiger partial charge in [0.25, 0.3) is 0 Å². The number of carbonyl (C=O) groups excluding carboxylic acids is 1. The largest absolute Gasteiger partial charge is 0.465 e. The van der Waals surface area contributed by atoms with Gasteiger partial charge in [-0.2, -0.15) is 0 Å². The molecule has 0 saturated heterocycles. The number of hydrogen-bond donors (Lipinski definition) is 2. The van der Waals surface area contributed by atoms with Crippen LogP contribution in [0.25, 0.3) is 0 Å². The summed E-state index contributed by atoms with van der Waals surface area (Å²) >= 11 is 0. The maximum atomic E-state index is 11.0. The Morgan fingerprint density at radius 2 is 2.20 bits per heavy atom. The number of unbranched alkanes of at least 4 members (excludes halogenated alkanes) is 2. The van der Waals surface area contributed by atoms with Gasteiger partial charge in [0.2, 0.25) is 0 Å². The molecule has 0 unspecified atom stereocenters. The molecular formula is C10H17NO4. The molecule has 0 radical (unpaired) electrons. The van der Waals surface area contributed by atoms with Gasteiger partial charge in [0, 0.05) is 6.08 Å². The Kier molecular flexibility index (Phi) is 8.13. The van der Waals surface area contributed by atoms with E-state index in [-0.39, 0.29) is 13.2 Å². The zero-order valence-corrected chi connectivity index (χ0v) is 8.86. The van der Waals surface area contributed by atoms with Crippen LogP contribution in [0.15, 0.2) is 12.2 Å². The number of nitrogens with one attached hydrogen (secondary N) is 1. The molecule has 0 bridgehead atoms. The Morgan fingerprint density at radius 1 is 1.47 bits per heavy atom. The van der Waals surface area contributed by atoms with Crippen molar-refractivity contribution in [3.63, 3.8) is 0 Å². The standard InChI is InChI=1S/C10H17NO4/c1-2-3-4-5-6-9(12)15-8-7-11-10(13)14/h5-6,11H,2-4,7-8H2,1H3,(H,13,14). The van der Waals surface area contributed by atoms with Crippen molar-refractivity contribution in [3.05, 3.63) is 12.2 Å². The molecule has 0 aromatic carbocycles. The predicted octanol–water partition coefficient (Wildman–Crippen LogP) is 1.54. The second-order valence-corrected chi connectivity index (χ2v) is 2.94. The fourth-order valence-electron chi connectivity index (χ4n) is 0.859. The van der Waals surface area contributed by atoms with Gasteiger partial charge >= 0.3 is 12.1 Å². The summed E-state index contributed by atoms with van der Waals surface area (Å²) < 4.78 is 4.72. The van der Waals surface area contributed by atoms with Crippen LogP contribution in [-0.4, -0.2) is 30.3 Å². The molecule has 0 saturated carbocycles. The molecule has 0 fully saturated rings. The summed E-state index contributed by atoms with van der Waals surface area (Å²) in [4.78, 5) is 21.0. The molecular weight excluding hydrogens is 198 g/mol. The minimum Gasteiger partial charge on any atom is -0.465 e. The van der Waals surface area contributed by atoms with Gasteiger partial charge in [-0.3, -0.25) is 0 Å². The summed E-state index contributed by atoms with van der Waals surface area (Å²) in [6.45, 7) is 2.25. The predicted molar refractivity (Wildman–Crippen MR) is 55.7 cm³/mol. The number of hydrogen-bond acceptors (Lipinski definition) is 3. The van der Waals surface area contributed by atoms with Crippen molar-refractivity contribution >= 4 is 12.1 Å². The van der Waals surface area contributed by atoms with Crippen LogP contribution in [-0.2, 0) is 9.53 Å². The van der Waals surface area contributed by atoms with E-state index in [1.807, 2.05) is 0 Å². The first kappa shape index (κ1) is 13.5. The van der Waals surface area contributed by atoms with E-state index in [4.69, 9.17) is 9.84 Å². The Labute approximate surface area is 89.1 Å². The summed E-state index contributed by atoms with van der Waals surface area (Å²) in [5.41, 5.74) is 0. The van der Waals surface area contributed by atoms with Gasteiger partial charge in [-0.1, -0.05) is 25.8 Å². The van der Waals surface area contributed by atoms with Crippen LogP contribution < -0.4 is 5.32 Å². The van der Waals surface area contributed by atoms with Crippen LogP contribution in [0.4, 0.5) is 4.79 Å². The van der Waals surface area contributed by atoms with E-state index in [0.717, 1.165) is 19.3 Å². The fraction of sp³-hybridized carbons (Fsp3) is 0.600. The van der Waals surface area contributed by atoms with Crippen molar-refractivity contribution in [3.8, 4) is 0 Å². The Bertz CT molecular complexity index is 225. The first-order valence-corrected chi connectivity index (χ1v) is 4.97. The molecule has 15 heavy (non-hydrogen) atoms. The SMILES string of the molecule is CCCCC=CC(=O)OCCNC(=O)O. The van der Waals surface area contributed by atoms with Crippen molar-refractivity contribution in [1.29, 1.82) is 0 Å². The molecule has 0 aliphatic heterocycles. The van der Waals surface area contributed by atoms with E-state index in [0.29, 0.717) is 0 Å². The summed E-state index contributed by atoms with van der Waals surface area (Å²) in [6.07, 6.45) is 5.00. The monoisotopic (exact) mass is 215 g/mol. The van der Waals surface area contributed by atoms with Crippen LogP contribution in [0.5, 0.6) is 0 Å². The number of amides is 1. The molecule has 0 heterocycles. The number of esters is 1. The van der Waals surface area contributed by atoms with Gasteiger partial charge in [-0.15, -0.1) is 0 Å². The highest BCUT2D eigenvalue weighted by Crippen LogP contribution is 1.95. The van der Waals surface area contributed by atoms with Crippen LogP contribution >= 0.6 is 0 Å². The maximum absolute atomic E-state index is 11.0. The quantitative estimate of drug-likeness (QED) is 0.384. The van der Waals surface area contributed by atoms with Crippen LogP contribution in [0, 0.1) is 0 Å². The van der Waals surface area contributed by atoms with E-state index >= 15 is 0 Å². The van der Waals surface area contributed by atoms with Gasteiger partial charge in [-0.25, -0.2) is 9.59 Å². The molecule has 2 N–H and O–H groups in total. The number of ether oxygens (including phenoxy) is 1. The van der Waals surface area contributed by atoms with Crippen molar-refractivity contribution in [2.75, 3.05) is 13.2 Å². The van der Waals surface area contributed by atoms with Gasteiger partial charge in [0.15, 0.2) is 0 Å². The molecule has 1 amide bonds. The van der Waals surface area contributed by atoms with Crippen LogP contribution in [0.2, 0.25) is 0 Å². The van der Waals surface area contributed by atoms with Crippen molar-refractivity contribution < 1.29 is 19.4 Å². The smallest absolute Gasteiger partial charge is 0.404 e. The minimum atomic E-state index is -1.12. The molecule has 5 heteroatoms. The third kappa shape index (κ3) is 10.4. The van der Waals surface area contributed by atoms with Gasteiger partial charge in [-0.05, 0) is 6.42 Å². The second kappa shape index (κ2) is 9.05. The molecule has 0 rings (SSSR count). The van der Waals surface area contributed by atoms with Gasteiger partial charge in [0.05, 0.1) is 6.54 Å². The van der Waals surface area contributed by atoms with Gasteiger partial charge < -0.3 is 15.2 Å². The van der Waals surface area contributed by atoms with Crippen molar-refractivity contribution in [1.82, 2.24) is 5.32 Å². The molecule has 0 aromatic rings. The highest BCUT2D eigenvalue weighted by atomic mass is 16.5. The third-order valence-corrected chi connectivity index (χ3v) is 1.60. The summed E-state index contributed by atoms with van der Waals surface area (Å²) in [7, 11) is 0. The lowest BCUT2D eigenvalue weighted by Gasteiger charge is -2.01. The summed E-state index contributed by atoms with van der Waals surface area (Å²) in [5.74, 6) is -0.432. The summed E-state index contributed by atoms with van der Waals surface area (Å²) in [5, 5.41) is 10.3. The molecule has 5 nitrogen and oxygen atoms in total. The van der Waals surface area contributed by atoms with E-state index < -0.39 is 12.1 Å². The normalized spacial score (nSPS) is 10.2. The molecule has 86 valence electrons. The fourth-order valence-corrected chi connectivity index (χ4v) is 0.859. The van der Waals surface area contributed by atoms with E-state index in [2.05, 4.69) is 12.2 Å². The molecule has 0 spiro atoms. The van der Waals surface area contributed by atoms with E-state index in [1.54, 1.807) is 6.08 Å². The first-order valence-electron chi connectivity index (χ1n) is 4.97. The Hall–Kier alpha value is -1.52. The van der Waals surface area contributed by atoms with Gasteiger partial charge in [0.1, 0.15) is 6.61 Å². The molecule has 0 aromatic heterocycles. The van der Waals surface area contributed by atoms with Crippen LogP contribution in [0.3, 0.4) is 0 Å². The Balaban J connectivity index is 3.40. The number of allylic oxidation sites excluding steroid dienone is 1. The van der Waals surface area contributed by atoms with Crippen molar-refractivity contribution in [2.45, 2.75) is 26.2 Å². The number of carbonyl (C=O) groups is 2. The average molecular weight is 215 g/mol. The third-order valence-electron chi connectivity index (χ3n) is 1.60. The topological polar surface area (TPSA) is 75.6 Å². The molecule has 0 aliphatic rings. The highest BCUT2D eigenvalue weighted by Gasteiger charge is 1.97. The zero-order chi connectivity index (χ0) is 11.5. The lowest BCUT2D eigenvalue weighted by molar-refractivity contribution is -0.137. The van der Waals surface area contributed by atoms with E-state index in [9.17, 15) is 9.59 Å². The Morgan fingerprint density at radius 3 is 2.80 bits per heavy atom. The first-order chi connectivity index (χ1) is 7.16. The number of carboxylic acid groups (broad SMARTS) is 1. The zero-order valence-electron chi connectivity index (χ0n) is 8.86. The second-order valence-electron chi connectivity index (χ2n) is 2.94. The lowest BCUT2D eigenvalue weighted by Crippen LogP contribution is -2.25. The van der Waals surface area contributed by atoms with Crippen molar-refractivity contribution in [2.24, 2.45) is 0 Å². The minimum absolute atomic E-state index is 0.0588. The summed E-state index contributed by atoms with van der Waals surface area (Å²) in [6, 6.07) is 0. The lowest BCUT2D eigenvalue weighted by atomic mass is 10.2. The highest BCUT2D eigenvalue weighted by molar-refractivity contribution is 5.81. The van der Waals surface area contributed by atoms with Crippen LogP contribution in [0.1, 0.15) is 26.2 Å². The molecule has 0 atom stereocenters. The number of rotatable bonds is 7. The average Bonchev–Trinajstić information content (AvgIpc) is 2.19. The van der Waals surface area contributed by atoms with E-state index in [1.165, 1.54) is 6.08 Å². The molecule has 0 aliphatic carbocycles. The maximum Gasteiger partial charge on any atom is 0.404 e.